The number of hydrogen-bond donors (Lipinski definition) is 2. The molecule has 0 spiro atoms. The fourth-order valence-corrected chi connectivity index (χ4v) is 4.03. The number of rotatable bonds is 4. The van der Waals surface area contributed by atoms with E-state index in [2.05, 4.69) is 25.3 Å². The van der Waals surface area contributed by atoms with Gasteiger partial charge < -0.3 is 10.3 Å². The number of H-pyrrole nitrogens is 1. The van der Waals surface area contributed by atoms with Crippen LogP contribution in [0.2, 0.25) is 5.02 Å². The van der Waals surface area contributed by atoms with Crippen LogP contribution in [0.5, 0.6) is 0 Å². The molecular weight excluding hydrogens is 431 g/mol. The van der Waals surface area contributed by atoms with Gasteiger partial charge in [-0.25, -0.2) is 19.3 Å². The van der Waals surface area contributed by atoms with Crippen LogP contribution in [0.4, 0.5) is 10.2 Å². The monoisotopic (exact) mass is 448 g/mol. The molecule has 2 aromatic carbocycles. The van der Waals surface area contributed by atoms with Gasteiger partial charge in [0.1, 0.15) is 17.7 Å². The molecule has 0 aliphatic heterocycles. The molecule has 0 aliphatic carbocycles. The van der Waals surface area contributed by atoms with Crippen LogP contribution in [-0.4, -0.2) is 24.5 Å². The van der Waals surface area contributed by atoms with Gasteiger partial charge in [-0.2, -0.15) is 0 Å². The summed E-state index contributed by atoms with van der Waals surface area (Å²) in [4.78, 5) is 29.2. The molecule has 160 valence electrons. The molecule has 0 saturated carbocycles. The molecule has 0 radical (unpaired) electrons. The van der Waals surface area contributed by atoms with Gasteiger partial charge in [-0.05, 0) is 55.1 Å². The van der Waals surface area contributed by atoms with Crippen molar-refractivity contribution in [3.05, 3.63) is 87.6 Å². The first-order chi connectivity index (χ1) is 15.4. The summed E-state index contributed by atoms with van der Waals surface area (Å²) in [6, 6.07) is 11.1. The number of aromatic nitrogens is 5. The molecule has 9 heteroatoms. The van der Waals surface area contributed by atoms with Crippen molar-refractivity contribution in [3.8, 4) is 5.69 Å². The lowest BCUT2D eigenvalue weighted by atomic mass is 10.1. The Hall–Kier alpha value is -3.78. The minimum atomic E-state index is -0.467. The zero-order chi connectivity index (χ0) is 22.4. The number of hydrogen-bond acceptors (Lipinski definition) is 5. The Bertz CT molecular complexity index is 1540. The second-order valence-corrected chi connectivity index (χ2v) is 7.92. The molecule has 5 aromatic rings. The van der Waals surface area contributed by atoms with Crippen molar-refractivity contribution in [2.75, 3.05) is 5.32 Å². The van der Waals surface area contributed by atoms with Gasteiger partial charge in [0.15, 0.2) is 11.5 Å². The van der Waals surface area contributed by atoms with E-state index in [1.54, 1.807) is 29.1 Å². The second-order valence-electron chi connectivity index (χ2n) is 7.51. The number of nitrogens with one attached hydrogen (secondary N) is 2. The topological polar surface area (TPSA) is 88.5 Å². The molecule has 32 heavy (non-hydrogen) atoms. The predicted molar refractivity (Wildman–Crippen MR) is 123 cm³/mol. The summed E-state index contributed by atoms with van der Waals surface area (Å²) < 4.78 is 15.5. The highest BCUT2D eigenvalue weighted by molar-refractivity contribution is 6.31. The summed E-state index contributed by atoms with van der Waals surface area (Å²) in [6.07, 6.45) is 2.97. The van der Waals surface area contributed by atoms with Gasteiger partial charge in [0.2, 0.25) is 0 Å². The fourth-order valence-electron chi connectivity index (χ4n) is 3.86. The number of pyridine rings is 1. The molecule has 3 aromatic heterocycles. The normalized spacial score (nSPS) is 12.4. The second kappa shape index (κ2) is 7.72. The van der Waals surface area contributed by atoms with Crippen LogP contribution in [0.15, 0.2) is 59.9 Å². The van der Waals surface area contributed by atoms with Crippen LogP contribution in [-0.2, 0) is 0 Å². The molecule has 5 rings (SSSR count). The quantitative estimate of drug-likeness (QED) is 0.407. The largest absolute Gasteiger partial charge is 0.360 e. The summed E-state index contributed by atoms with van der Waals surface area (Å²) in [5.74, 6) is 0.0894. The van der Waals surface area contributed by atoms with E-state index < -0.39 is 5.82 Å². The Balaban J connectivity index is 1.74. The zero-order valence-electron chi connectivity index (χ0n) is 17.2. The van der Waals surface area contributed by atoms with Crippen molar-refractivity contribution in [1.29, 1.82) is 0 Å². The van der Waals surface area contributed by atoms with E-state index in [4.69, 9.17) is 11.6 Å². The Labute approximate surface area is 186 Å². The summed E-state index contributed by atoms with van der Waals surface area (Å²) >= 11 is 6.36. The molecule has 0 unspecified atom stereocenters. The summed E-state index contributed by atoms with van der Waals surface area (Å²) in [5.41, 5.74) is 2.92. The van der Waals surface area contributed by atoms with Crippen molar-refractivity contribution < 1.29 is 4.39 Å². The van der Waals surface area contributed by atoms with Gasteiger partial charge in [-0.15, -0.1) is 0 Å². The Kier molecular flexibility index (Phi) is 4.86. The maximum atomic E-state index is 14.0. The smallest absolute Gasteiger partial charge is 0.263 e. The molecule has 0 bridgehead atoms. The van der Waals surface area contributed by atoms with Crippen molar-refractivity contribution in [1.82, 2.24) is 24.5 Å². The average molecular weight is 449 g/mol. The Morgan fingerprint density at radius 3 is 2.84 bits per heavy atom. The number of anilines is 1. The molecule has 0 aliphatic rings. The van der Waals surface area contributed by atoms with E-state index in [-0.39, 0.29) is 11.6 Å². The van der Waals surface area contributed by atoms with Gasteiger partial charge in [0, 0.05) is 10.7 Å². The maximum Gasteiger partial charge on any atom is 0.263 e. The van der Waals surface area contributed by atoms with Gasteiger partial charge in [-0.1, -0.05) is 23.7 Å². The standard InChI is InChI=1S/C23H18ClFN6O/c1-12-17(24)4-3-5-18(12)31-19(8-14-6-7-15(25)9-16(14)23(31)32)13(2)30-22-20-21(27-10-26-20)28-11-29-22/h3-11,13H,1-2H3,(H2,26,27,28,29,30)/t13-/m1/s1. The number of aromatic amines is 1. The third-order valence-electron chi connectivity index (χ3n) is 5.51. The summed E-state index contributed by atoms with van der Waals surface area (Å²) in [5, 5.41) is 4.82. The minimum absolute atomic E-state index is 0.290. The van der Waals surface area contributed by atoms with Crippen LogP contribution in [0.3, 0.4) is 0 Å². The Morgan fingerprint density at radius 2 is 2.00 bits per heavy atom. The van der Waals surface area contributed by atoms with Crippen LogP contribution in [0.1, 0.15) is 24.2 Å². The third kappa shape index (κ3) is 3.29. The molecular formula is C23H18ClFN6O. The first-order valence-corrected chi connectivity index (χ1v) is 10.3. The lowest BCUT2D eigenvalue weighted by molar-refractivity contribution is 0.629. The van der Waals surface area contributed by atoms with Crippen LogP contribution in [0.25, 0.3) is 27.6 Å². The van der Waals surface area contributed by atoms with Gasteiger partial charge >= 0.3 is 0 Å². The van der Waals surface area contributed by atoms with E-state index in [1.165, 1.54) is 18.5 Å². The first-order valence-electron chi connectivity index (χ1n) is 9.95. The van der Waals surface area contributed by atoms with Crippen LogP contribution >= 0.6 is 11.6 Å². The maximum absolute atomic E-state index is 14.0. The van der Waals surface area contributed by atoms with E-state index in [0.29, 0.717) is 44.2 Å². The highest BCUT2D eigenvalue weighted by Gasteiger charge is 2.20. The van der Waals surface area contributed by atoms with Gasteiger partial charge in [-0.3, -0.25) is 9.36 Å². The molecule has 1 atom stereocenters. The summed E-state index contributed by atoms with van der Waals surface area (Å²) in [6.45, 7) is 3.77. The number of nitrogens with zero attached hydrogens (tertiary/aromatic N) is 4. The third-order valence-corrected chi connectivity index (χ3v) is 5.92. The van der Waals surface area contributed by atoms with E-state index >= 15 is 0 Å². The number of halogens is 2. The molecule has 3 heterocycles. The van der Waals surface area contributed by atoms with Crippen LogP contribution in [0, 0.1) is 12.7 Å². The van der Waals surface area contributed by atoms with Crippen molar-refractivity contribution >= 4 is 39.4 Å². The van der Waals surface area contributed by atoms with Crippen molar-refractivity contribution in [2.45, 2.75) is 19.9 Å². The number of fused-ring (bicyclic) bond motifs is 2. The number of imidazole rings is 1. The summed E-state index contributed by atoms with van der Waals surface area (Å²) in [7, 11) is 0. The van der Waals surface area contributed by atoms with Crippen molar-refractivity contribution in [2.24, 2.45) is 0 Å². The Morgan fingerprint density at radius 1 is 1.16 bits per heavy atom. The first kappa shape index (κ1) is 20.1. The van der Waals surface area contributed by atoms with Crippen molar-refractivity contribution in [3.63, 3.8) is 0 Å². The average Bonchev–Trinajstić information content (AvgIpc) is 3.26. The van der Waals surface area contributed by atoms with E-state index in [1.807, 2.05) is 26.0 Å². The van der Waals surface area contributed by atoms with Gasteiger partial charge in [0.25, 0.3) is 5.56 Å². The SMILES string of the molecule is Cc1c(Cl)cccc1-n1c([C@@H](C)Nc2ncnc3nc[nH]c23)cc2ccc(F)cc2c1=O. The minimum Gasteiger partial charge on any atom is -0.360 e. The fraction of sp³-hybridized carbons (Fsp3) is 0.130. The highest BCUT2D eigenvalue weighted by Crippen LogP contribution is 2.28. The lowest BCUT2D eigenvalue weighted by Gasteiger charge is -2.22. The van der Waals surface area contributed by atoms with Crippen LogP contribution < -0.4 is 10.9 Å². The zero-order valence-corrected chi connectivity index (χ0v) is 18.0. The highest BCUT2D eigenvalue weighted by atomic mass is 35.5. The lowest BCUT2D eigenvalue weighted by Crippen LogP contribution is -2.26. The van der Waals surface area contributed by atoms with E-state index in [0.717, 1.165) is 5.56 Å². The number of benzene rings is 2. The molecule has 0 amide bonds. The van der Waals surface area contributed by atoms with E-state index in [9.17, 15) is 9.18 Å². The van der Waals surface area contributed by atoms with Gasteiger partial charge in [0.05, 0.1) is 23.4 Å². The molecule has 2 N–H and O–H groups in total. The predicted octanol–water partition coefficient (Wildman–Crippen LogP) is 4.93. The molecule has 7 nitrogen and oxygen atoms in total. The molecule has 0 saturated heterocycles. The molecule has 0 fully saturated rings.